The topological polar surface area (TPSA) is 0 Å². The maximum Gasteiger partial charge on any atom is 0 e. The molecule has 3 heteroatoms. The van der Waals surface area contributed by atoms with Gasteiger partial charge in [-0.15, -0.1) is 24.8 Å². The van der Waals surface area contributed by atoms with E-state index >= 15 is 0 Å². The first-order valence-electron chi connectivity index (χ1n) is 4.42. The molecule has 0 saturated carbocycles. The second kappa shape index (κ2) is 9.19. The summed E-state index contributed by atoms with van der Waals surface area (Å²) >= 11 is 0. The van der Waals surface area contributed by atoms with Gasteiger partial charge in [-0.3, -0.25) is 6.08 Å². The maximum atomic E-state index is 3.37. The van der Waals surface area contributed by atoms with Gasteiger partial charge in [-0.1, -0.05) is 45.4 Å². The summed E-state index contributed by atoms with van der Waals surface area (Å²) in [5, 5.41) is 0. The number of hydrogen-bond acceptors (Lipinski definition) is 0. The minimum atomic E-state index is 0. The van der Waals surface area contributed by atoms with Crippen molar-refractivity contribution in [1.29, 1.82) is 0 Å². The molecule has 0 N–H and O–H groups in total. The molecule has 0 saturated heterocycles. The summed E-state index contributed by atoms with van der Waals surface area (Å²) in [6, 6.07) is 0. The van der Waals surface area contributed by atoms with Crippen molar-refractivity contribution in [2.24, 2.45) is 17.8 Å². The Morgan fingerprint density at radius 2 is 1.64 bits per heavy atom. The van der Waals surface area contributed by atoms with Crippen LogP contribution in [-0.4, -0.2) is 0 Å². The molecule has 0 nitrogen and oxygen atoms in total. The van der Waals surface area contributed by atoms with E-state index in [4.69, 9.17) is 0 Å². The van der Waals surface area contributed by atoms with Gasteiger partial charge in [-0.25, -0.2) is 6.08 Å². The predicted molar refractivity (Wildman–Crippen MR) is 63.6 cm³/mol. The van der Waals surface area contributed by atoms with Gasteiger partial charge < -0.3 is 0 Å². The summed E-state index contributed by atoms with van der Waals surface area (Å²) in [5.74, 6) is 1.92. The zero-order valence-corrected chi connectivity index (χ0v) is 13.3. The summed E-state index contributed by atoms with van der Waals surface area (Å²) in [6.45, 7) is 8.94. The standard InChI is InChI=1S/C11H17.2ClH.Zr/c1-8(2)10-5-6-11(7-10)9(3)4;;;/h5,7-9,11H,1-4H3;2*1H;/q-1;;;. The van der Waals surface area contributed by atoms with Crippen molar-refractivity contribution in [2.75, 3.05) is 0 Å². The van der Waals surface area contributed by atoms with Crippen LogP contribution in [0.25, 0.3) is 0 Å². The van der Waals surface area contributed by atoms with E-state index < -0.39 is 0 Å². The van der Waals surface area contributed by atoms with Crippen LogP contribution < -0.4 is 0 Å². The van der Waals surface area contributed by atoms with Crippen LogP contribution >= 0.6 is 24.8 Å². The van der Waals surface area contributed by atoms with E-state index in [1.54, 1.807) is 0 Å². The van der Waals surface area contributed by atoms with Crippen LogP contribution in [0.5, 0.6) is 0 Å². The van der Waals surface area contributed by atoms with Gasteiger partial charge in [0.15, 0.2) is 0 Å². The van der Waals surface area contributed by atoms with Crippen molar-refractivity contribution in [3.8, 4) is 0 Å². The fraction of sp³-hybridized carbons (Fsp3) is 0.636. The van der Waals surface area contributed by atoms with Crippen molar-refractivity contribution < 1.29 is 26.2 Å². The third kappa shape index (κ3) is 5.73. The van der Waals surface area contributed by atoms with Crippen LogP contribution in [0.1, 0.15) is 27.7 Å². The van der Waals surface area contributed by atoms with E-state index in [-0.39, 0.29) is 51.0 Å². The number of halogens is 2. The van der Waals surface area contributed by atoms with Crippen molar-refractivity contribution in [3.05, 3.63) is 23.8 Å². The first-order valence-corrected chi connectivity index (χ1v) is 4.42. The van der Waals surface area contributed by atoms with Crippen molar-refractivity contribution >= 4 is 24.8 Å². The van der Waals surface area contributed by atoms with Gasteiger partial charge in [-0.2, -0.15) is 11.6 Å². The van der Waals surface area contributed by atoms with E-state index in [1.807, 2.05) is 0 Å². The van der Waals surface area contributed by atoms with Gasteiger partial charge in [0.05, 0.1) is 0 Å². The molecule has 1 rings (SSSR count). The van der Waals surface area contributed by atoms with E-state index in [0.717, 1.165) is 0 Å². The zero-order valence-electron chi connectivity index (χ0n) is 9.20. The van der Waals surface area contributed by atoms with E-state index in [9.17, 15) is 0 Å². The van der Waals surface area contributed by atoms with Crippen LogP contribution in [-0.2, 0) is 26.2 Å². The molecule has 0 aromatic carbocycles. The summed E-state index contributed by atoms with van der Waals surface area (Å²) in [4.78, 5) is 0. The van der Waals surface area contributed by atoms with E-state index in [0.29, 0.717) is 17.8 Å². The van der Waals surface area contributed by atoms with Crippen molar-refractivity contribution in [3.63, 3.8) is 0 Å². The second-order valence-corrected chi connectivity index (χ2v) is 3.90. The predicted octanol–water partition coefficient (Wildman–Crippen LogP) is 4.06. The van der Waals surface area contributed by atoms with Crippen LogP contribution in [0.3, 0.4) is 0 Å². The molecule has 1 unspecified atom stereocenters. The van der Waals surface area contributed by atoms with Gasteiger partial charge in [0, 0.05) is 26.2 Å². The Balaban J connectivity index is -0.000000403. The Hall–Kier alpha value is 0.943. The van der Waals surface area contributed by atoms with Gasteiger partial charge in [0.2, 0.25) is 0 Å². The van der Waals surface area contributed by atoms with Crippen molar-refractivity contribution in [2.45, 2.75) is 27.7 Å². The Kier molecular flexibility index (Phi) is 13.4. The molecule has 0 spiro atoms. The first-order chi connectivity index (χ1) is 5.11. The van der Waals surface area contributed by atoms with Gasteiger partial charge in [0.25, 0.3) is 0 Å². The molecule has 0 amide bonds. The molecule has 1 atom stereocenters. The number of hydrogen-bond donors (Lipinski definition) is 0. The normalized spacial score (nSPS) is 18.4. The molecule has 0 aromatic heterocycles. The molecular weight excluding hydrogens is 294 g/mol. The average Bonchev–Trinajstić information content (AvgIpc) is 2.33. The number of rotatable bonds is 2. The summed E-state index contributed by atoms with van der Waals surface area (Å²) in [6.07, 6.45) is 7.86. The van der Waals surface area contributed by atoms with Crippen LogP contribution in [0.4, 0.5) is 0 Å². The summed E-state index contributed by atoms with van der Waals surface area (Å²) in [5.41, 5.74) is 1.45. The molecule has 1 aliphatic rings. The Morgan fingerprint density at radius 1 is 1.14 bits per heavy atom. The third-order valence-electron chi connectivity index (χ3n) is 2.20. The van der Waals surface area contributed by atoms with Crippen LogP contribution in [0.2, 0.25) is 0 Å². The zero-order chi connectivity index (χ0) is 8.43. The molecule has 82 valence electrons. The van der Waals surface area contributed by atoms with Gasteiger partial charge in [-0.05, 0) is 0 Å². The van der Waals surface area contributed by atoms with Crippen molar-refractivity contribution in [1.82, 2.24) is 0 Å². The fourth-order valence-electron chi connectivity index (χ4n) is 1.24. The molecule has 14 heavy (non-hydrogen) atoms. The maximum absolute atomic E-state index is 3.37. The average molecular weight is 313 g/mol. The minimum Gasteiger partial charge on any atom is -0.269 e. The molecule has 0 aliphatic heterocycles. The van der Waals surface area contributed by atoms with Gasteiger partial charge >= 0.3 is 0 Å². The molecule has 0 radical (unpaired) electrons. The molecular formula is C11H19Cl2Zr-. The first kappa shape index (κ1) is 20.4. The molecule has 0 heterocycles. The Labute approximate surface area is 120 Å². The monoisotopic (exact) mass is 311 g/mol. The second-order valence-electron chi connectivity index (χ2n) is 3.90. The summed E-state index contributed by atoms with van der Waals surface area (Å²) < 4.78 is 0. The third-order valence-corrected chi connectivity index (χ3v) is 2.20. The minimum absolute atomic E-state index is 0. The molecule has 1 aliphatic carbocycles. The SMILES string of the molecule is CC(C)C1=CC(C(C)C)[C-]=C1.Cl.Cl.[Zr]. The fourth-order valence-corrected chi connectivity index (χ4v) is 1.24. The molecule has 0 fully saturated rings. The van der Waals surface area contributed by atoms with Gasteiger partial charge in [0.1, 0.15) is 0 Å². The van der Waals surface area contributed by atoms with Crippen LogP contribution in [0.15, 0.2) is 17.7 Å². The smallest absolute Gasteiger partial charge is 0 e. The van der Waals surface area contributed by atoms with E-state index in [2.05, 4.69) is 45.9 Å². The van der Waals surface area contributed by atoms with Crippen LogP contribution in [0, 0.1) is 23.8 Å². The quantitative estimate of drug-likeness (QED) is 0.675. The molecule has 0 aromatic rings. The number of allylic oxidation sites excluding steroid dienone is 4. The molecule has 0 bridgehead atoms. The largest absolute Gasteiger partial charge is 0.269 e. The Morgan fingerprint density at radius 3 is 1.86 bits per heavy atom. The van der Waals surface area contributed by atoms with E-state index in [1.165, 1.54) is 5.57 Å². The Bertz CT molecular complexity index is 195. The summed E-state index contributed by atoms with van der Waals surface area (Å²) in [7, 11) is 0.